The first-order chi connectivity index (χ1) is 11.9. The zero-order valence-electron chi connectivity index (χ0n) is 14.0. The van der Waals surface area contributed by atoms with E-state index in [2.05, 4.69) is 4.57 Å². The van der Waals surface area contributed by atoms with E-state index in [4.69, 9.17) is 33.7 Å². The second-order valence-corrected chi connectivity index (χ2v) is 6.69. The van der Waals surface area contributed by atoms with Gasteiger partial charge in [-0.3, -0.25) is 4.79 Å². The fourth-order valence-electron chi connectivity index (χ4n) is 3.10. The molecule has 0 atom stereocenters. The number of carbonyl (C=O) groups excluding carboxylic acids is 1. The molecular weight excluding hydrogens is 359 g/mol. The topological polar surface area (TPSA) is 57.2 Å². The maximum atomic E-state index is 11.5. The summed E-state index contributed by atoms with van der Waals surface area (Å²) in [4.78, 5) is 11.5. The van der Waals surface area contributed by atoms with Crippen molar-refractivity contribution in [1.29, 1.82) is 0 Å². The molecule has 0 bridgehead atoms. The SMILES string of the molecule is COc1ccc2c(c1)c(CC(N)=O)c(C)n2Cc1c(Cl)cccc1Cl. The number of nitrogens with zero attached hydrogens (tertiary/aromatic N) is 1. The first kappa shape index (κ1) is 17.6. The molecule has 1 aromatic heterocycles. The molecule has 0 aliphatic carbocycles. The molecule has 0 radical (unpaired) electrons. The average Bonchev–Trinajstić information content (AvgIpc) is 2.82. The summed E-state index contributed by atoms with van der Waals surface area (Å²) in [5, 5.41) is 2.16. The summed E-state index contributed by atoms with van der Waals surface area (Å²) in [6.45, 7) is 2.47. The first-order valence-corrected chi connectivity index (χ1v) is 8.55. The number of nitrogens with two attached hydrogens (primary N) is 1. The lowest BCUT2D eigenvalue weighted by Gasteiger charge is -2.12. The van der Waals surface area contributed by atoms with Gasteiger partial charge in [0.15, 0.2) is 0 Å². The molecule has 0 fully saturated rings. The Morgan fingerprint density at radius 2 is 1.84 bits per heavy atom. The van der Waals surface area contributed by atoms with Gasteiger partial charge >= 0.3 is 0 Å². The van der Waals surface area contributed by atoms with Crippen LogP contribution in [-0.2, 0) is 17.8 Å². The van der Waals surface area contributed by atoms with Crippen molar-refractivity contribution in [2.24, 2.45) is 5.73 Å². The van der Waals surface area contributed by atoms with E-state index in [0.717, 1.165) is 33.5 Å². The Hall–Kier alpha value is -2.17. The predicted octanol–water partition coefficient (Wildman–Crippen LogP) is 4.34. The number of rotatable bonds is 5. The van der Waals surface area contributed by atoms with Crippen molar-refractivity contribution >= 4 is 40.0 Å². The molecule has 25 heavy (non-hydrogen) atoms. The zero-order valence-corrected chi connectivity index (χ0v) is 15.5. The van der Waals surface area contributed by atoms with Crippen molar-refractivity contribution in [1.82, 2.24) is 4.57 Å². The first-order valence-electron chi connectivity index (χ1n) is 7.79. The molecule has 130 valence electrons. The number of hydrogen-bond acceptors (Lipinski definition) is 2. The average molecular weight is 377 g/mol. The van der Waals surface area contributed by atoms with Gasteiger partial charge in [0.2, 0.25) is 5.91 Å². The van der Waals surface area contributed by atoms with Gasteiger partial charge in [-0.15, -0.1) is 0 Å². The highest BCUT2D eigenvalue weighted by atomic mass is 35.5. The fraction of sp³-hybridized carbons (Fsp3) is 0.211. The predicted molar refractivity (Wildman–Crippen MR) is 102 cm³/mol. The van der Waals surface area contributed by atoms with Gasteiger partial charge in [0.1, 0.15) is 5.75 Å². The number of ether oxygens (including phenoxy) is 1. The lowest BCUT2D eigenvalue weighted by atomic mass is 10.1. The lowest BCUT2D eigenvalue weighted by Crippen LogP contribution is -2.14. The van der Waals surface area contributed by atoms with Gasteiger partial charge in [0, 0.05) is 32.2 Å². The molecule has 4 nitrogen and oxygen atoms in total. The Bertz CT molecular complexity index is 943. The quantitative estimate of drug-likeness (QED) is 0.719. The van der Waals surface area contributed by atoms with E-state index < -0.39 is 0 Å². The lowest BCUT2D eigenvalue weighted by molar-refractivity contribution is -0.117. The van der Waals surface area contributed by atoms with Crippen LogP contribution < -0.4 is 10.5 Å². The molecule has 3 aromatic rings. The minimum atomic E-state index is -0.374. The number of primary amides is 1. The smallest absolute Gasteiger partial charge is 0.221 e. The van der Waals surface area contributed by atoms with E-state index in [0.29, 0.717) is 16.6 Å². The summed E-state index contributed by atoms with van der Waals surface area (Å²) in [7, 11) is 1.61. The Balaban J connectivity index is 2.21. The molecule has 6 heteroatoms. The number of amides is 1. The molecule has 2 aromatic carbocycles. The van der Waals surface area contributed by atoms with Crippen LogP contribution >= 0.6 is 23.2 Å². The molecule has 2 N–H and O–H groups in total. The Morgan fingerprint density at radius 3 is 2.44 bits per heavy atom. The van der Waals surface area contributed by atoms with E-state index in [1.165, 1.54) is 0 Å². The number of halogens is 2. The molecule has 0 saturated carbocycles. The number of methoxy groups -OCH3 is 1. The van der Waals surface area contributed by atoms with Gasteiger partial charge < -0.3 is 15.0 Å². The molecule has 0 aliphatic rings. The van der Waals surface area contributed by atoms with Gasteiger partial charge in [-0.2, -0.15) is 0 Å². The molecule has 0 saturated heterocycles. The third-order valence-electron chi connectivity index (χ3n) is 4.39. The maximum absolute atomic E-state index is 11.5. The van der Waals surface area contributed by atoms with E-state index in [9.17, 15) is 4.79 Å². The summed E-state index contributed by atoms with van der Waals surface area (Å²) in [6, 6.07) is 11.2. The maximum Gasteiger partial charge on any atom is 0.221 e. The Labute approximate surface area is 156 Å². The van der Waals surface area contributed by atoms with Crippen molar-refractivity contribution < 1.29 is 9.53 Å². The van der Waals surface area contributed by atoms with Crippen molar-refractivity contribution in [2.75, 3.05) is 7.11 Å². The van der Waals surface area contributed by atoms with Gasteiger partial charge in [0.25, 0.3) is 0 Å². The number of benzene rings is 2. The van der Waals surface area contributed by atoms with Gasteiger partial charge in [-0.05, 0) is 42.8 Å². The monoisotopic (exact) mass is 376 g/mol. The molecule has 1 heterocycles. The number of fused-ring (bicyclic) bond motifs is 1. The normalized spacial score (nSPS) is 11.0. The minimum absolute atomic E-state index is 0.165. The molecule has 0 unspecified atom stereocenters. The van der Waals surface area contributed by atoms with E-state index in [-0.39, 0.29) is 12.3 Å². The van der Waals surface area contributed by atoms with Gasteiger partial charge in [-0.1, -0.05) is 29.3 Å². The minimum Gasteiger partial charge on any atom is -0.497 e. The highest BCUT2D eigenvalue weighted by Gasteiger charge is 2.18. The summed E-state index contributed by atoms with van der Waals surface area (Å²) < 4.78 is 7.42. The second kappa shape index (κ2) is 6.98. The van der Waals surface area contributed by atoms with Crippen molar-refractivity contribution in [2.45, 2.75) is 19.9 Å². The van der Waals surface area contributed by atoms with Crippen LogP contribution in [0.2, 0.25) is 10.0 Å². The van der Waals surface area contributed by atoms with E-state index in [1.54, 1.807) is 7.11 Å². The Kier molecular flexibility index (Phi) is 4.93. The standard InChI is InChI=1S/C19H18Cl2N2O2/c1-11-13(9-19(22)24)14-8-12(25-2)6-7-18(14)23(11)10-15-16(20)4-3-5-17(15)21/h3-8H,9-10H2,1-2H3,(H2,22,24). The summed E-state index contributed by atoms with van der Waals surface area (Å²) in [5.74, 6) is 0.354. The number of hydrogen-bond donors (Lipinski definition) is 1. The van der Waals surface area contributed by atoms with Crippen LogP contribution in [0.25, 0.3) is 10.9 Å². The molecule has 0 spiro atoms. The molecule has 1 amide bonds. The van der Waals surface area contributed by atoms with Crippen LogP contribution in [0.15, 0.2) is 36.4 Å². The second-order valence-electron chi connectivity index (χ2n) is 5.88. The molecule has 3 rings (SSSR count). The van der Waals surface area contributed by atoms with Crippen LogP contribution in [-0.4, -0.2) is 17.6 Å². The molecular formula is C19H18Cl2N2O2. The number of carbonyl (C=O) groups is 1. The van der Waals surface area contributed by atoms with E-state index >= 15 is 0 Å². The van der Waals surface area contributed by atoms with Crippen LogP contribution in [0.1, 0.15) is 16.8 Å². The molecule has 0 aliphatic heterocycles. The van der Waals surface area contributed by atoms with Crippen molar-refractivity contribution in [3.63, 3.8) is 0 Å². The van der Waals surface area contributed by atoms with Gasteiger partial charge in [0.05, 0.1) is 20.1 Å². The Morgan fingerprint density at radius 1 is 1.16 bits per heavy atom. The highest BCUT2D eigenvalue weighted by molar-refractivity contribution is 6.36. The fourth-order valence-corrected chi connectivity index (χ4v) is 3.62. The summed E-state index contributed by atoms with van der Waals surface area (Å²) >= 11 is 12.7. The highest BCUT2D eigenvalue weighted by Crippen LogP contribution is 2.33. The third kappa shape index (κ3) is 3.32. The summed E-state index contributed by atoms with van der Waals surface area (Å²) in [6.07, 6.45) is 0.165. The van der Waals surface area contributed by atoms with E-state index in [1.807, 2.05) is 43.3 Å². The van der Waals surface area contributed by atoms with Crippen molar-refractivity contribution in [3.05, 3.63) is 63.3 Å². The largest absolute Gasteiger partial charge is 0.497 e. The zero-order chi connectivity index (χ0) is 18.1. The number of aromatic nitrogens is 1. The van der Waals surface area contributed by atoms with Crippen molar-refractivity contribution in [3.8, 4) is 5.75 Å². The third-order valence-corrected chi connectivity index (χ3v) is 5.10. The van der Waals surface area contributed by atoms with Crippen LogP contribution in [0.5, 0.6) is 5.75 Å². The van der Waals surface area contributed by atoms with Gasteiger partial charge in [-0.25, -0.2) is 0 Å². The van der Waals surface area contributed by atoms with Crippen LogP contribution in [0, 0.1) is 6.92 Å². The summed E-state index contributed by atoms with van der Waals surface area (Å²) in [5.41, 5.74) is 9.11. The van der Waals surface area contributed by atoms with Crippen LogP contribution in [0.4, 0.5) is 0 Å². The van der Waals surface area contributed by atoms with Crippen LogP contribution in [0.3, 0.4) is 0 Å².